The second-order valence-corrected chi connectivity index (χ2v) is 5.99. The van der Waals surface area contributed by atoms with E-state index in [1.165, 1.54) is 11.0 Å². The molecule has 0 bridgehead atoms. The zero-order chi connectivity index (χ0) is 18.0. The van der Waals surface area contributed by atoms with Crippen molar-refractivity contribution < 1.29 is 9.18 Å². The maximum Gasteiger partial charge on any atom is 0.278 e. The fourth-order valence-electron chi connectivity index (χ4n) is 2.65. The van der Waals surface area contributed by atoms with Crippen LogP contribution in [-0.2, 0) is 4.79 Å². The molecule has 0 saturated heterocycles. The lowest BCUT2D eigenvalue weighted by molar-refractivity contribution is -0.114. The number of nitrogens with one attached hydrogen (secondary N) is 1. The molecule has 0 atom stereocenters. The normalized spacial score (nSPS) is 15.7. The fraction of sp³-hybridized carbons (Fsp3) is 0.158. The highest BCUT2D eigenvalue weighted by Crippen LogP contribution is 2.31. The Labute approximate surface area is 150 Å². The third-order valence-corrected chi connectivity index (χ3v) is 4.14. The van der Waals surface area contributed by atoms with Gasteiger partial charge in [-0.1, -0.05) is 23.7 Å². The number of likely N-dealkylation sites (N-methyl/N-ethyl adjacent to an activating group) is 1. The molecule has 3 rings (SSSR count). The van der Waals surface area contributed by atoms with Crippen LogP contribution in [0.3, 0.4) is 0 Å². The van der Waals surface area contributed by atoms with Crippen molar-refractivity contribution in [3.05, 3.63) is 76.3 Å². The average Bonchev–Trinajstić information content (AvgIpc) is 2.70. The molecule has 2 aromatic carbocycles. The number of amides is 1. The average molecular weight is 358 g/mol. The van der Waals surface area contributed by atoms with Gasteiger partial charge in [0, 0.05) is 35.9 Å². The molecular weight excluding hydrogens is 341 g/mol. The zero-order valence-corrected chi connectivity index (χ0v) is 14.6. The smallest absolute Gasteiger partial charge is 0.278 e. The van der Waals surface area contributed by atoms with Crippen molar-refractivity contribution in [1.82, 2.24) is 5.32 Å². The van der Waals surface area contributed by atoms with E-state index in [2.05, 4.69) is 10.3 Å². The van der Waals surface area contributed by atoms with Crippen molar-refractivity contribution in [3.8, 4) is 0 Å². The molecule has 4 nitrogen and oxygen atoms in total. The van der Waals surface area contributed by atoms with Crippen molar-refractivity contribution in [2.75, 3.05) is 18.5 Å². The molecule has 0 radical (unpaired) electrons. The lowest BCUT2D eigenvalue weighted by Crippen LogP contribution is -2.27. The van der Waals surface area contributed by atoms with Gasteiger partial charge in [-0.25, -0.2) is 9.38 Å². The van der Waals surface area contributed by atoms with Crippen LogP contribution in [0.5, 0.6) is 0 Å². The van der Waals surface area contributed by atoms with Crippen LogP contribution in [0.2, 0.25) is 5.02 Å². The number of carbonyl (C=O) groups is 1. The molecule has 1 amide bonds. The molecule has 0 fully saturated rings. The van der Waals surface area contributed by atoms with Crippen LogP contribution >= 0.6 is 11.6 Å². The van der Waals surface area contributed by atoms with Crippen LogP contribution in [0, 0.1) is 5.82 Å². The van der Waals surface area contributed by atoms with E-state index < -0.39 is 5.82 Å². The topological polar surface area (TPSA) is 44.7 Å². The number of carbonyl (C=O) groups excluding carboxylic acids is 1. The monoisotopic (exact) mass is 357 g/mol. The molecular formula is C19H17ClFN3O. The minimum atomic E-state index is -0.410. The number of hydrogen-bond acceptors (Lipinski definition) is 3. The second-order valence-electron chi connectivity index (χ2n) is 5.55. The maximum atomic E-state index is 14.4. The predicted octanol–water partition coefficient (Wildman–Crippen LogP) is 3.74. The van der Waals surface area contributed by atoms with E-state index in [9.17, 15) is 9.18 Å². The molecule has 25 heavy (non-hydrogen) atoms. The van der Waals surface area contributed by atoms with Crippen LogP contribution in [0.25, 0.3) is 0 Å². The minimum Gasteiger partial charge on any atom is -0.389 e. The van der Waals surface area contributed by atoms with E-state index in [1.807, 2.05) is 6.92 Å². The molecule has 2 aromatic rings. The van der Waals surface area contributed by atoms with Gasteiger partial charge in [-0.15, -0.1) is 0 Å². The number of fused-ring (bicyclic) bond motifs is 1. The summed E-state index contributed by atoms with van der Waals surface area (Å²) in [5.74, 6) is -0.692. The van der Waals surface area contributed by atoms with Crippen molar-refractivity contribution in [2.45, 2.75) is 6.92 Å². The SMILES string of the molecule is CCNC=C1N=C(c2ccccc2F)c2cc(Cl)ccc2N(C)C1=O. The van der Waals surface area contributed by atoms with Gasteiger partial charge in [0.1, 0.15) is 11.5 Å². The summed E-state index contributed by atoms with van der Waals surface area (Å²) in [6, 6.07) is 11.5. The molecule has 1 aliphatic heterocycles. The Hall–Kier alpha value is -2.66. The van der Waals surface area contributed by atoms with Gasteiger partial charge >= 0.3 is 0 Å². The minimum absolute atomic E-state index is 0.204. The van der Waals surface area contributed by atoms with E-state index in [0.717, 1.165) is 0 Å². The standard InChI is InChI=1S/C19H17ClFN3O/c1-3-22-11-16-19(25)24(2)17-9-8-12(20)10-14(17)18(23-16)13-6-4-5-7-15(13)21/h4-11,22H,3H2,1-2H3. The highest BCUT2D eigenvalue weighted by molar-refractivity contribution is 6.32. The summed E-state index contributed by atoms with van der Waals surface area (Å²) in [6.07, 6.45) is 1.55. The van der Waals surface area contributed by atoms with E-state index in [0.29, 0.717) is 34.1 Å². The Bertz CT molecular complexity index is 892. The summed E-state index contributed by atoms with van der Waals surface area (Å²) in [5.41, 5.74) is 2.12. The molecule has 0 unspecified atom stereocenters. The summed E-state index contributed by atoms with van der Waals surface area (Å²) in [4.78, 5) is 18.7. The molecule has 6 heteroatoms. The molecule has 0 saturated carbocycles. The third-order valence-electron chi connectivity index (χ3n) is 3.90. The van der Waals surface area contributed by atoms with E-state index in [1.54, 1.807) is 49.6 Å². The Morgan fingerprint density at radius 1 is 1.24 bits per heavy atom. The molecule has 128 valence electrons. The number of nitrogens with zero attached hydrogens (tertiary/aromatic N) is 2. The van der Waals surface area contributed by atoms with Crippen molar-refractivity contribution in [2.24, 2.45) is 4.99 Å². The van der Waals surface area contributed by atoms with Gasteiger partial charge < -0.3 is 10.2 Å². The molecule has 1 aliphatic rings. The third kappa shape index (κ3) is 3.28. The number of aliphatic imine (C=N–C) groups is 1. The molecule has 0 spiro atoms. The van der Waals surface area contributed by atoms with Gasteiger partial charge in [-0.3, -0.25) is 4.79 Å². The molecule has 1 N–H and O–H groups in total. The first-order valence-electron chi connectivity index (χ1n) is 7.88. The van der Waals surface area contributed by atoms with Crippen molar-refractivity contribution in [1.29, 1.82) is 0 Å². The summed E-state index contributed by atoms with van der Waals surface area (Å²) in [5, 5.41) is 3.47. The summed E-state index contributed by atoms with van der Waals surface area (Å²) in [6.45, 7) is 2.56. The Balaban J connectivity index is 2.30. The highest BCUT2D eigenvalue weighted by Gasteiger charge is 2.27. The lowest BCUT2D eigenvalue weighted by atomic mass is 10.00. The van der Waals surface area contributed by atoms with Crippen molar-refractivity contribution >= 4 is 28.9 Å². The Morgan fingerprint density at radius 2 is 2.00 bits per heavy atom. The number of hydrogen-bond donors (Lipinski definition) is 1. The van der Waals surface area contributed by atoms with Crippen LogP contribution in [0.15, 0.2) is 59.4 Å². The fourth-order valence-corrected chi connectivity index (χ4v) is 2.82. The molecule has 1 heterocycles. The summed E-state index contributed by atoms with van der Waals surface area (Å²) < 4.78 is 14.4. The van der Waals surface area contributed by atoms with Crippen LogP contribution in [0.1, 0.15) is 18.1 Å². The Morgan fingerprint density at radius 3 is 2.72 bits per heavy atom. The quantitative estimate of drug-likeness (QED) is 0.850. The molecule has 0 aliphatic carbocycles. The van der Waals surface area contributed by atoms with E-state index in [4.69, 9.17) is 11.6 Å². The maximum absolute atomic E-state index is 14.4. The van der Waals surface area contributed by atoms with E-state index in [-0.39, 0.29) is 11.6 Å². The van der Waals surface area contributed by atoms with Gasteiger partial charge in [0.2, 0.25) is 0 Å². The first-order chi connectivity index (χ1) is 12.0. The van der Waals surface area contributed by atoms with Gasteiger partial charge in [0.15, 0.2) is 0 Å². The first kappa shape index (κ1) is 17.2. The largest absolute Gasteiger partial charge is 0.389 e. The van der Waals surface area contributed by atoms with Gasteiger partial charge in [-0.2, -0.15) is 0 Å². The predicted molar refractivity (Wildman–Crippen MR) is 98.7 cm³/mol. The van der Waals surface area contributed by atoms with Gasteiger partial charge in [-0.05, 0) is 37.3 Å². The summed E-state index contributed by atoms with van der Waals surface area (Å²) >= 11 is 6.15. The van der Waals surface area contributed by atoms with Gasteiger partial charge in [0.05, 0.1) is 11.4 Å². The number of anilines is 1. The van der Waals surface area contributed by atoms with Gasteiger partial charge in [0.25, 0.3) is 5.91 Å². The number of benzodiazepines with no additional fused rings is 1. The second kappa shape index (κ2) is 7.07. The van der Waals surface area contributed by atoms with E-state index >= 15 is 0 Å². The van der Waals surface area contributed by atoms with Crippen LogP contribution < -0.4 is 10.2 Å². The van der Waals surface area contributed by atoms with Crippen LogP contribution in [0.4, 0.5) is 10.1 Å². The lowest BCUT2D eigenvalue weighted by Gasteiger charge is -2.18. The number of rotatable bonds is 3. The summed E-state index contributed by atoms with van der Waals surface area (Å²) in [7, 11) is 1.66. The number of benzene rings is 2. The van der Waals surface area contributed by atoms with Crippen molar-refractivity contribution in [3.63, 3.8) is 0 Å². The zero-order valence-electron chi connectivity index (χ0n) is 13.9. The number of halogens is 2. The highest BCUT2D eigenvalue weighted by atomic mass is 35.5. The Kier molecular flexibility index (Phi) is 4.86. The van der Waals surface area contributed by atoms with Crippen LogP contribution in [-0.4, -0.2) is 25.2 Å². The molecule has 0 aromatic heterocycles. The first-order valence-corrected chi connectivity index (χ1v) is 8.26.